The SMILES string of the molecule is FC(F)(F)c1ccc(C2CC(c3ccc(Cl)cc3)=Nc3ncnn32)cc1. The zero-order valence-corrected chi connectivity index (χ0v) is 14.0. The number of alkyl halides is 3. The molecule has 4 nitrogen and oxygen atoms in total. The average molecular weight is 377 g/mol. The maximum Gasteiger partial charge on any atom is 0.416 e. The minimum Gasteiger partial charge on any atom is -0.222 e. The van der Waals surface area contributed by atoms with Gasteiger partial charge in [0.25, 0.3) is 0 Å². The van der Waals surface area contributed by atoms with Crippen LogP contribution in [0.4, 0.5) is 19.1 Å². The molecule has 0 fully saturated rings. The van der Waals surface area contributed by atoms with E-state index < -0.39 is 11.7 Å². The number of benzene rings is 2. The quantitative estimate of drug-likeness (QED) is 0.627. The first-order chi connectivity index (χ1) is 12.4. The molecule has 1 aromatic heterocycles. The molecule has 1 atom stereocenters. The van der Waals surface area contributed by atoms with E-state index in [-0.39, 0.29) is 6.04 Å². The van der Waals surface area contributed by atoms with Gasteiger partial charge in [-0.25, -0.2) is 9.67 Å². The van der Waals surface area contributed by atoms with Gasteiger partial charge in [0, 0.05) is 11.4 Å². The van der Waals surface area contributed by atoms with Gasteiger partial charge in [0.1, 0.15) is 6.33 Å². The first-order valence-corrected chi connectivity index (χ1v) is 8.20. The molecule has 0 saturated carbocycles. The van der Waals surface area contributed by atoms with E-state index in [1.807, 2.05) is 12.1 Å². The minimum atomic E-state index is -4.36. The Balaban J connectivity index is 1.71. The molecular formula is C18H12ClF3N4. The second-order valence-corrected chi connectivity index (χ2v) is 6.35. The Morgan fingerprint density at radius 3 is 2.35 bits per heavy atom. The average Bonchev–Trinajstić information content (AvgIpc) is 3.09. The molecule has 1 aliphatic rings. The number of aromatic nitrogens is 3. The highest BCUT2D eigenvalue weighted by atomic mass is 35.5. The molecule has 1 aliphatic heterocycles. The summed E-state index contributed by atoms with van der Waals surface area (Å²) in [4.78, 5) is 8.66. The number of hydrogen-bond donors (Lipinski definition) is 0. The Morgan fingerprint density at radius 2 is 1.69 bits per heavy atom. The number of fused-ring (bicyclic) bond motifs is 1. The third-order valence-electron chi connectivity index (χ3n) is 4.27. The van der Waals surface area contributed by atoms with Crippen LogP contribution in [0.2, 0.25) is 5.02 Å². The van der Waals surface area contributed by atoms with E-state index in [1.165, 1.54) is 18.5 Å². The minimum absolute atomic E-state index is 0.280. The highest BCUT2D eigenvalue weighted by Gasteiger charge is 2.31. The second-order valence-electron chi connectivity index (χ2n) is 5.91. The number of aliphatic imine (C=N–C) groups is 1. The van der Waals surface area contributed by atoms with Gasteiger partial charge in [-0.05, 0) is 35.4 Å². The Labute approximate surface area is 152 Å². The molecule has 0 saturated heterocycles. The lowest BCUT2D eigenvalue weighted by Crippen LogP contribution is -2.21. The zero-order valence-electron chi connectivity index (χ0n) is 13.3. The fourth-order valence-electron chi connectivity index (χ4n) is 2.96. The van der Waals surface area contributed by atoms with Crippen molar-refractivity contribution in [3.8, 4) is 0 Å². The number of nitrogens with zero attached hydrogens (tertiary/aromatic N) is 4. The summed E-state index contributed by atoms with van der Waals surface area (Å²) in [5.74, 6) is 0.422. The summed E-state index contributed by atoms with van der Waals surface area (Å²) in [6.45, 7) is 0. The highest BCUT2D eigenvalue weighted by Crippen LogP contribution is 2.34. The topological polar surface area (TPSA) is 43.1 Å². The van der Waals surface area contributed by atoms with Gasteiger partial charge in [-0.15, -0.1) is 0 Å². The molecule has 4 rings (SSSR count). The smallest absolute Gasteiger partial charge is 0.222 e. The molecule has 0 bridgehead atoms. The molecule has 2 aromatic carbocycles. The molecule has 1 unspecified atom stereocenters. The number of halogens is 4. The maximum absolute atomic E-state index is 12.8. The van der Waals surface area contributed by atoms with Crippen molar-refractivity contribution in [2.45, 2.75) is 18.6 Å². The van der Waals surface area contributed by atoms with E-state index >= 15 is 0 Å². The Morgan fingerprint density at radius 1 is 1.00 bits per heavy atom. The van der Waals surface area contributed by atoms with Gasteiger partial charge in [-0.2, -0.15) is 23.3 Å². The summed E-state index contributed by atoms with van der Waals surface area (Å²) in [5, 5.41) is 4.80. The van der Waals surface area contributed by atoms with Crippen LogP contribution in [0.5, 0.6) is 0 Å². The molecule has 0 aliphatic carbocycles. The summed E-state index contributed by atoms with van der Waals surface area (Å²) in [5.41, 5.74) is 1.71. The van der Waals surface area contributed by atoms with Gasteiger partial charge in [0.05, 0.1) is 17.3 Å². The molecule has 0 radical (unpaired) electrons. The first kappa shape index (κ1) is 16.8. The number of rotatable bonds is 2. The van der Waals surface area contributed by atoms with Crippen LogP contribution < -0.4 is 0 Å². The van der Waals surface area contributed by atoms with Crippen LogP contribution in [-0.2, 0) is 6.18 Å². The predicted molar refractivity (Wildman–Crippen MR) is 91.9 cm³/mol. The van der Waals surface area contributed by atoms with Crippen LogP contribution in [-0.4, -0.2) is 20.5 Å². The third kappa shape index (κ3) is 3.10. The summed E-state index contributed by atoms with van der Waals surface area (Å²) in [7, 11) is 0. The highest BCUT2D eigenvalue weighted by molar-refractivity contribution is 6.30. The molecule has 26 heavy (non-hydrogen) atoms. The molecule has 0 spiro atoms. The fourth-order valence-corrected chi connectivity index (χ4v) is 3.08. The monoisotopic (exact) mass is 376 g/mol. The summed E-state index contributed by atoms with van der Waals surface area (Å²) in [6.07, 6.45) is -2.48. The summed E-state index contributed by atoms with van der Waals surface area (Å²) < 4.78 is 40.1. The van der Waals surface area contributed by atoms with E-state index in [2.05, 4.69) is 15.1 Å². The van der Waals surface area contributed by atoms with Gasteiger partial charge in [0.15, 0.2) is 0 Å². The van der Waals surface area contributed by atoms with Crippen LogP contribution in [0.1, 0.15) is 29.2 Å². The number of hydrogen-bond acceptors (Lipinski definition) is 3. The Kier molecular flexibility index (Phi) is 4.03. The van der Waals surface area contributed by atoms with Crippen molar-refractivity contribution < 1.29 is 13.2 Å². The Bertz CT molecular complexity index is 959. The van der Waals surface area contributed by atoms with Crippen molar-refractivity contribution >= 4 is 23.3 Å². The normalized spacial score (nSPS) is 16.9. The summed E-state index contributed by atoms with van der Waals surface area (Å²) in [6, 6.07) is 12.1. The third-order valence-corrected chi connectivity index (χ3v) is 4.52. The molecule has 2 heterocycles. The Hall–Kier alpha value is -2.67. The van der Waals surface area contributed by atoms with Gasteiger partial charge < -0.3 is 0 Å². The van der Waals surface area contributed by atoms with E-state index in [1.54, 1.807) is 16.8 Å². The predicted octanol–water partition coefficient (Wildman–Crippen LogP) is 5.06. The lowest BCUT2D eigenvalue weighted by atomic mass is 9.95. The molecule has 8 heteroatoms. The molecular weight excluding hydrogens is 365 g/mol. The first-order valence-electron chi connectivity index (χ1n) is 7.82. The second kappa shape index (κ2) is 6.25. The van der Waals surface area contributed by atoms with Crippen LogP contribution in [0.3, 0.4) is 0 Å². The zero-order chi connectivity index (χ0) is 18.3. The fraction of sp³-hybridized carbons (Fsp3) is 0.167. The molecule has 0 N–H and O–H groups in total. The van der Waals surface area contributed by atoms with E-state index in [9.17, 15) is 13.2 Å². The van der Waals surface area contributed by atoms with Crippen molar-refractivity contribution in [1.29, 1.82) is 0 Å². The van der Waals surface area contributed by atoms with Gasteiger partial charge in [0.2, 0.25) is 5.95 Å². The maximum atomic E-state index is 12.8. The lowest BCUT2D eigenvalue weighted by molar-refractivity contribution is -0.137. The van der Waals surface area contributed by atoms with Gasteiger partial charge in [-0.3, -0.25) is 0 Å². The van der Waals surface area contributed by atoms with Gasteiger partial charge >= 0.3 is 6.18 Å². The largest absolute Gasteiger partial charge is 0.416 e. The van der Waals surface area contributed by atoms with Crippen molar-refractivity contribution in [2.75, 3.05) is 0 Å². The van der Waals surface area contributed by atoms with Crippen LogP contribution in [0.15, 0.2) is 59.9 Å². The van der Waals surface area contributed by atoms with Crippen LogP contribution in [0, 0.1) is 0 Å². The van der Waals surface area contributed by atoms with Crippen LogP contribution >= 0.6 is 11.6 Å². The van der Waals surface area contributed by atoms with Crippen molar-refractivity contribution in [2.24, 2.45) is 4.99 Å². The summed E-state index contributed by atoms with van der Waals surface area (Å²) >= 11 is 5.93. The van der Waals surface area contributed by atoms with Crippen molar-refractivity contribution in [3.05, 3.63) is 76.6 Å². The van der Waals surface area contributed by atoms with E-state index in [4.69, 9.17) is 11.6 Å². The molecule has 0 amide bonds. The van der Waals surface area contributed by atoms with Crippen LogP contribution in [0.25, 0.3) is 0 Å². The molecule has 132 valence electrons. The van der Waals surface area contributed by atoms with E-state index in [0.717, 1.165) is 23.4 Å². The van der Waals surface area contributed by atoms with E-state index in [0.29, 0.717) is 23.0 Å². The van der Waals surface area contributed by atoms with Gasteiger partial charge in [-0.1, -0.05) is 35.9 Å². The van der Waals surface area contributed by atoms with Crippen molar-refractivity contribution in [3.63, 3.8) is 0 Å². The lowest BCUT2D eigenvalue weighted by Gasteiger charge is -2.24. The molecule has 3 aromatic rings. The van der Waals surface area contributed by atoms with Crippen molar-refractivity contribution in [1.82, 2.24) is 14.8 Å². The standard InChI is InChI=1S/C18H12ClF3N4/c19-14-7-3-11(4-8-14)15-9-16(26-17(25-15)23-10-24-26)12-1-5-13(6-2-12)18(20,21)22/h1-8,10,16H,9H2.